The number of hydrogen-bond donors (Lipinski definition) is 4. The molecule has 0 radical (unpaired) electrons. The first kappa shape index (κ1) is 35.3. The number of carboxylic acid groups (broad SMARTS) is 2. The van der Waals surface area contributed by atoms with Crippen LogP contribution in [0.15, 0.2) is 34.8 Å². The highest BCUT2D eigenvalue weighted by Gasteiger charge is 2.28. The summed E-state index contributed by atoms with van der Waals surface area (Å²) in [4.78, 5) is 77.3. The minimum atomic E-state index is -1.21. The summed E-state index contributed by atoms with van der Waals surface area (Å²) in [6.07, 6.45) is 9.82. The molecule has 0 aliphatic carbocycles. The zero-order chi connectivity index (χ0) is 31.2. The second kappa shape index (κ2) is 17.9. The molecule has 0 aliphatic rings. The lowest BCUT2D eigenvalue weighted by Gasteiger charge is -2.21. The van der Waals surface area contributed by atoms with Gasteiger partial charge in [0.25, 0.3) is 0 Å². The molecule has 17 heteroatoms. The number of Topliss-reactive ketones (excluding diaryl/α,β-unsaturated/α-hetero) is 1. The molecule has 0 fully saturated rings. The zero-order valence-electron chi connectivity index (χ0n) is 23.3. The van der Waals surface area contributed by atoms with Crippen LogP contribution in [0, 0.1) is 0 Å². The summed E-state index contributed by atoms with van der Waals surface area (Å²) < 4.78 is 0. The van der Waals surface area contributed by atoms with Crippen molar-refractivity contribution in [3.05, 3.63) is 36.2 Å². The number of nitrogens with zero attached hydrogens (tertiary/aromatic N) is 4. The number of ketones is 1. The predicted molar refractivity (Wildman–Crippen MR) is 163 cm³/mol. The minimum Gasteiger partial charge on any atom is -0.480 e. The van der Waals surface area contributed by atoms with Crippen LogP contribution in [0.4, 0.5) is 0 Å². The Bertz CT molecular complexity index is 1140. The van der Waals surface area contributed by atoms with Crippen molar-refractivity contribution in [2.75, 3.05) is 24.0 Å². The zero-order valence-corrected chi connectivity index (χ0v) is 26.6. The molecule has 0 saturated heterocycles. The van der Waals surface area contributed by atoms with Crippen LogP contribution < -0.4 is 10.6 Å². The van der Waals surface area contributed by atoms with Gasteiger partial charge in [-0.05, 0) is 12.5 Å². The largest absolute Gasteiger partial charge is 0.480 e. The summed E-state index contributed by atoms with van der Waals surface area (Å²) in [5.41, 5.74) is 0.950. The second-order valence-corrected chi connectivity index (χ2v) is 12.9. The smallest absolute Gasteiger partial charge is 0.327 e. The third-order valence-corrected chi connectivity index (χ3v) is 9.41. The number of carboxylic acids is 2. The summed E-state index contributed by atoms with van der Waals surface area (Å²) in [7, 11) is 0. The second-order valence-electron chi connectivity index (χ2n) is 8.74. The number of nitrogens with one attached hydrogen (secondary N) is 2. The van der Waals surface area contributed by atoms with E-state index in [4.69, 9.17) is 0 Å². The van der Waals surface area contributed by atoms with Gasteiger partial charge in [0.1, 0.15) is 27.9 Å². The number of aromatic nitrogens is 4. The Balaban J connectivity index is 2.28. The molecule has 0 aliphatic heterocycles. The highest BCUT2D eigenvalue weighted by molar-refractivity contribution is 8.00. The van der Waals surface area contributed by atoms with Crippen molar-refractivity contribution < 1.29 is 34.2 Å². The first-order chi connectivity index (χ1) is 19.9. The number of carbonyl (C=O) groups is 5. The van der Waals surface area contributed by atoms with Gasteiger partial charge in [0, 0.05) is 38.2 Å². The molecule has 228 valence electrons. The molecule has 2 aromatic rings. The van der Waals surface area contributed by atoms with Gasteiger partial charge in [0.2, 0.25) is 11.8 Å². The van der Waals surface area contributed by atoms with Crippen LogP contribution in [0.2, 0.25) is 0 Å². The van der Waals surface area contributed by atoms with Crippen molar-refractivity contribution in [2.45, 2.75) is 59.3 Å². The van der Waals surface area contributed by atoms with E-state index in [9.17, 15) is 34.2 Å². The Morgan fingerprint density at radius 1 is 0.690 bits per heavy atom. The Kier molecular flexibility index (Phi) is 15.1. The predicted octanol–water partition coefficient (Wildman–Crippen LogP) is 2.49. The summed E-state index contributed by atoms with van der Waals surface area (Å²) in [6, 6.07) is -2.34. The molecular weight excluding hydrogens is 625 g/mol. The van der Waals surface area contributed by atoms with Gasteiger partial charge in [0.15, 0.2) is 0 Å². The Morgan fingerprint density at radius 2 is 1.07 bits per heavy atom. The maximum absolute atomic E-state index is 13.5. The summed E-state index contributed by atoms with van der Waals surface area (Å²) in [5.74, 6) is -3.65. The lowest BCUT2D eigenvalue weighted by Crippen LogP contribution is -2.41. The Labute approximate surface area is 260 Å². The molecule has 0 saturated carbocycles. The normalized spacial score (nSPS) is 13.8. The van der Waals surface area contributed by atoms with E-state index < -0.39 is 46.3 Å². The van der Waals surface area contributed by atoms with E-state index in [1.54, 1.807) is 12.4 Å². The molecule has 0 bridgehead atoms. The van der Waals surface area contributed by atoms with Crippen molar-refractivity contribution in [2.24, 2.45) is 0 Å². The fourth-order valence-electron chi connectivity index (χ4n) is 3.46. The van der Waals surface area contributed by atoms with Gasteiger partial charge in [-0.25, -0.2) is 19.6 Å². The average molecular weight is 657 g/mol. The molecule has 42 heavy (non-hydrogen) atoms. The van der Waals surface area contributed by atoms with E-state index in [1.165, 1.54) is 49.8 Å². The lowest BCUT2D eigenvalue weighted by atomic mass is 10.1. The van der Waals surface area contributed by atoms with E-state index in [-0.39, 0.29) is 30.1 Å². The Morgan fingerprint density at radius 3 is 1.33 bits per heavy atom. The maximum atomic E-state index is 13.5. The number of rotatable bonds is 18. The van der Waals surface area contributed by atoms with E-state index in [2.05, 4.69) is 30.6 Å². The minimum absolute atomic E-state index is 0.0182. The molecule has 13 nitrogen and oxygen atoms in total. The van der Waals surface area contributed by atoms with Crippen molar-refractivity contribution >= 4 is 76.6 Å². The molecular formula is C25H32N6O7S4. The van der Waals surface area contributed by atoms with Gasteiger partial charge in [-0.15, -0.1) is 47.0 Å². The number of thioether (sulfide) groups is 4. The van der Waals surface area contributed by atoms with Gasteiger partial charge in [-0.1, -0.05) is 0 Å². The first-order valence-electron chi connectivity index (χ1n) is 12.4. The SMILES string of the molecule is CSc1cnc(C(CC(=O)CC(SC[C@H](NC(C)=O)C(=O)O)c2cnc(SC)cn2)SC[C@H](NC(C)=O)C(=O)O)cn1. The van der Waals surface area contributed by atoms with Gasteiger partial charge in [0.05, 0.1) is 46.7 Å². The van der Waals surface area contributed by atoms with Gasteiger partial charge in [-0.2, -0.15) is 0 Å². The fraction of sp³-hybridized carbons (Fsp3) is 0.480. The summed E-state index contributed by atoms with van der Waals surface area (Å²) >= 11 is 5.12. The van der Waals surface area contributed by atoms with Crippen LogP contribution in [0.3, 0.4) is 0 Å². The molecule has 4 atom stereocenters. The third-order valence-electron chi connectivity index (χ3n) is 5.48. The Hall–Kier alpha value is -2.89. The van der Waals surface area contributed by atoms with E-state index in [0.29, 0.717) is 21.4 Å². The number of carbonyl (C=O) groups excluding carboxylic acids is 3. The summed E-state index contributed by atoms with van der Waals surface area (Å²) in [5, 5.41) is 24.0. The van der Waals surface area contributed by atoms with E-state index in [0.717, 1.165) is 23.5 Å². The third kappa shape index (κ3) is 12.1. The highest BCUT2D eigenvalue weighted by atomic mass is 32.2. The molecule has 2 amide bonds. The highest BCUT2D eigenvalue weighted by Crippen LogP contribution is 2.36. The van der Waals surface area contributed by atoms with Gasteiger partial charge < -0.3 is 20.8 Å². The molecule has 2 rings (SSSR count). The van der Waals surface area contributed by atoms with E-state index in [1.807, 2.05) is 12.5 Å². The molecule has 0 spiro atoms. The van der Waals surface area contributed by atoms with Crippen molar-refractivity contribution in [1.82, 2.24) is 30.6 Å². The molecule has 0 aromatic carbocycles. The number of hydrogen-bond acceptors (Lipinski definition) is 13. The van der Waals surface area contributed by atoms with Crippen LogP contribution in [0.5, 0.6) is 0 Å². The van der Waals surface area contributed by atoms with Crippen LogP contribution >= 0.6 is 47.0 Å². The fourth-order valence-corrected chi connectivity index (χ4v) is 6.58. The topological polar surface area (TPSA) is 201 Å². The monoisotopic (exact) mass is 656 g/mol. The van der Waals surface area contributed by atoms with Crippen LogP contribution in [0.25, 0.3) is 0 Å². The molecule has 2 unspecified atom stereocenters. The maximum Gasteiger partial charge on any atom is 0.327 e. The number of aliphatic carboxylic acids is 2. The van der Waals surface area contributed by atoms with Gasteiger partial charge >= 0.3 is 11.9 Å². The van der Waals surface area contributed by atoms with Crippen LogP contribution in [-0.2, 0) is 24.0 Å². The van der Waals surface area contributed by atoms with Crippen molar-refractivity contribution in [3.63, 3.8) is 0 Å². The number of amides is 2. The molecule has 4 N–H and O–H groups in total. The van der Waals surface area contributed by atoms with Crippen LogP contribution in [0.1, 0.15) is 48.6 Å². The quantitative estimate of drug-likeness (QED) is 0.170. The summed E-state index contributed by atoms with van der Waals surface area (Å²) in [6.45, 7) is 2.45. The van der Waals surface area contributed by atoms with Gasteiger partial charge in [-0.3, -0.25) is 24.4 Å². The average Bonchev–Trinajstić information content (AvgIpc) is 2.95. The van der Waals surface area contributed by atoms with Crippen molar-refractivity contribution in [3.8, 4) is 0 Å². The lowest BCUT2D eigenvalue weighted by molar-refractivity contribution is -0.141. The molecule has 2 heterocycles. The molecule has 2 aromatic heterocycles. The van der Waals surface area contributed by atoms with E-state index >= 15 is 0 Å². The van der Waals surface area contributed by atoms with Crippen molar-refractivity contribution in [1.29, 1.82) is 0 Å². The van der Waals surface area contributed by atoms with Crippen LogP contribution in [-0.4, -0.2) is 95.8 Å². The first-order valence-corrected chi connectivity index (χ1v) is 16.9. The standard InChI is InChI=1S/C25H32N6O7S4/c1-13(32)30-18(24(35)36)11-41-20(16-7-28-22(39-3)9-26-16)5-15(34)6-21(17-8-29-23(40-4)10-27-17)42-12-19(25(37)38)31-14(2)33/h7-10,18-21H,5-6,11-12H2,1-4H3,(H,30,32)(H,31,33)(H,35,36)(H,37,38)/t18-,19-,20?,21?/m0/s1.